The molecule has 18 heavy (non-hydrogen) atoms. The van der Waals surface area contributed by atoms with Crippen molar-refractivity contribution in [1.82, 2.24) is 4.90 Å². The molecule has 0 saturated carbocycles. The van der Waals surface area contributed by atoms with Crippen LogP contribution in [0.1, 0.15) is 13.8 Å². The van der Waals surface area contributed by atoms with Gasteiger partial charge in [0.05, 0.1) is 17.8 Å². The number of benzene rings is 1. The number of carbonyl (C=O) groups is 1. The molecule has 100 valence electrons. The van der Waals surface area contributed by atoms with Gasteiger partial charge >= 0.3 is 6.03 Å². The van der Waals surface area contributed by atoms with Crippen molar-refractivity contribution in [2.45, 2.75) is 19.4 Å². The summed E-state index contributed by atoms with van der Waals surface area (Å²) >= 11 is 3.16. The number of aliphatic hydroxyl groups is 1. The molecule has 0 fully saturated rings. The quantitative estimate of drug-likeness (QED) is 0.900. The number of hydrogen-bond acceptors (Lipinski definition) is 2. The van der Waals surface area contributed by atoms with Gasteiger partial charge in [0, 0.05) is 11.5 Å². The molecule has 0 spiro atoms. The third kappa shape index (κ3) is 4.62. The maximum atomic E-state index is 12.9. The van der Waals surface area contributed by atoms with Gasteiger partial charge in [0.15, 0.2) is 0 Å². The number of nitrogens with one attached hydrogen (secondary N) is 1. The van der Waals surface area contributed by atoms with E-state index in [0.717, 1.165) is 0 Å². The Hall–Kier alpha value is -1.14. The highest BCUT2D eigenvalue weighted by atomic mass is 79.9. The minimum Gasteiger partial charge on any atom is -0.389 e. The van der Waals surface area contributed by atoms with Gasteiger partial charge < -0.3 is 15.3 Å². The van der Waals surface area contributed by atoms with Crippen molar-refractivity contribution < 1.29 is 14.3 Å². The molecule has 0 saturated heterocycles. The molecular weight excluding hydrogens is 303 g/mol. The molecule has 0 aliphatic heterocycles. The first kappa shape index (κ1) is 14.9. The SMILES string of the molecule is CN(CC(C)(C)O)C(=O)Nc1ccc(F)cc1Br. The lowest BCUT2D eigenvalue weighted by atomic mass is 10.1. The van der Waals surface area contributed by atoms with Gasteiger partial charge in [0.2, 0.25) is 0 Å². The molecule has 6 heteroatoms. The second kappa shape index (κ2) is 5.67. The fourth-order valence-electron chi connectivity index (χ4n) is 1.45. The third-order valence-corrected chi connectivity index (χ3v) is 2.80. The molecule has 0 radical (unpaired) electrons. The minimum absolute atomic E-state index is 0.192. The third-order valence-electron chi connectivity index (χ3n) is 2.14. The molecule has 0 unspecified atom stereocenters. The predicted octanol–water partition coefficient (Wildman–Crippen LogP) is 2.82. The summed E-state index contributed by atoms with van der Waals surface area (Å²) in [4.78, 5) is 13.2. The molecule has 0 atom stereocenters. The summed E-state index contributed by atoms with van der Waals surface area (Å²) in [5.41, 5.74) is -0.490. The summed E-state index contributed by atoms with van der Waals surface area (Å²) in [5, 5.41) is 12.2. The Morgan fingerprint density at radius 3 is 2.67 bits per heavy atom. The maximum Gasteiger partial charge on any atom is 0.321 e. The highest BCUT2D eigenvalue weighted by Crippen LogP contribution is 2.23. The van der Waals surface area contributed by atoms with Crippen LogP contribution in [0.15, 0.2) is 22.7 Å². The number of nitrogens with zero attached hydrogens (tertiary/aromatic N) is 1. The molecule has 0 bridgehead atoms. The first-order valence-corrected chi connectivity index (χ1v) is 6.18. The van der Waals surface area contributed by atoms with Gasteiger partial charge in [-0.1, -0.05) is 0 Å². The molecule has 0 aliphatic rings. The van der Waals surface area contributed by atoms with E-state index >= 15 is 0 Å². The van der Waals surface area contributed by atoms with Crippen LogP contribution < -0.4 is 5.32 Å². The normalized spacial score (nSPS) is 11.2. The topological polar surface area (TPSA) is 52.6 Å². The number of amides is 2. The molecule has 0 heterocycles. The Morgan fingerprint density at radius 2 is 2.17 bits per heavy atom. The first-order valence-electron chi connectivity index (χ1n) is 5.38. The lowest BCUT2D eigenvalue weighted by Crippen LogP contribution is -2.41. The van der Waals surface area contributed by atoms with Crippen molar-refractivity contribution in [3.63, 3.8) is 0 Å². The summed E-state index contributed by atoms with van der Waals surface area (Å²) in [7, 11) is 1.57. The lowest BCUT2D eigenvalue weighted by Gasteiger charge is -2.25. The van der Waals surface area contributed by atoms with Crippen molar-refractivity contribution in [2.75, 3.05) is 18.9 Å². The van der Waals surface area contributed by atoms with Gasteiger partial charge in [-0.2, -0.15) is 0 Å². The number of hydrogen-bond donors (Lipinski definition) is 2. The van der Waals surface area contributed by atoms with E-state index in [1.165, 1.54) is 23.1 Å². The molecule has 2 N–H and O–H groups in total. The van der Waals surface area contributed by atoms with Crippen LogP contribution >= 0.6 is 15.9 Å². The largest absolute Gasteiger partial charge is 0.389 e. The monoisotopic (exact) mass is 318 g/mol. The molecule has 1 aromatic carbocycles. The molecule has 0 aliphatic carbocycles. The van der Waals surface area contributed by atoms with Crippen LogP contribution in [-0.4, -0.2) is 35.2 Å². The molecule has 4 nitrogen and oxygen atoms in total. The number of urea groups is 1. The smallest absolute Gasteiger partial charge is 0.321 e. The van der Waals surface area contributed by atoms with Crippen LogP contribution in [0.25, 0.3) is 0 Å². The Morgan fingerprint density at radius 1 is 1.56 bits per heavy atom. The van der Waals surface area contributed by atoms with Gasteiger partial charge in [-0.25, -0.2) is 9.18 Å². The number of rotatable bonds is 3. The second-order valence-corrected chi connectivity index (χ2v) is 5.58. The highest BCUT2D eigenvalue weighted by Gasteiger charge is 2.19. The number of carbonyl (C=O) groups excluding carboxylic acids is 1. The molecular formula is C12H16BrFN2O2. The standard InChI is InChI=1S/C12H16BrFN2O2/c1-12(2,18)7-16(3)11(17)15-10-5-4-8(14)6-9(10)13/h4-6,18H,7H2,1-3H3,(H,15,17). The Bertz CT molecular complexity index is 446. The summed E-state index contributed by atoms with van der Waals surface area (Å²) in [5.74, 6) is -0.385. The molecule has 2 amide bonds. The van der Waals surface area contributed by atoms with Gasteiger partial charge in [0.25, 0.3) is 0 Å². The summed E-state index contributed by atoms with van der Waals surface area (Å²) < 4.78 is 13.3. The fraction of sp³-hybridized carbons (Fsp3) is 0.417. The van der Waals surface area contributed by atoms with Crippen molar-refractivity contribution in [2.24, 2.45) is 0 Å². The van der Waals surface area contributed by atoms with Crippen LogP contribution in [0.4, 0.5) is 14.9 Å². The van der Waals surface area contributed by atoms with Crippen LogP contribution in [0.2, 0.25) is 0 Å². The van der Waals surface area contributed by atoms with E-state index in [4.69, 9.17) is 0 Å². The van der Waals surface area contributed by atoms with E-state index in [1.807, 2.05) is 0 Å². The second-order valence-electron chi connectivity index (χ2n) is 4.72. The molecule has 1 rings (SSSR count). The van der Waals surface area contributed by atoms with Crippen LogP contribution in [0.5, 0.6) is 0 Å². The van der Waals surface area contributed by atoms with Crippen molar-refractivity contribution >= 4 is 27.6 Å². The zero-order valence-electron chi connectivity index (χ0n) is 10.5. The summed E-state index contributed by atoms with van der Waals surface area (Å²) in [6, 6.07) is 3.63. The average Bonchev–Trinajstić information content (AvgIpc) is 2.19. The predicted molar refractivity (Wildman–Crippen MR) is 72.0 cm³/mol. The van der Waals surface area contributed by atoms with E-state index in [9.17, 15) is 14.3 Å². The van der Waals surface area contributed by atoms with E-state index in [2.05, 4.69) is 21.2 Å². The number of anilines is 1. The Balaban J connectivity index is 2.70. The van der Waals surface area contributed by atoms with Gasteiger partial charge in [-0.3, -0.25) is 0 Å². The van der Waals surface area contributed by atoms with Gasteiger partial charge in [0.1, 0.15) is 5.82 Å². The Labute approximate surface area is 114 Å². The zero-order valence-corrected chi connectivity index (χ0v) is 12.1. The molecule has 1 aromatic rings. The minimum atomic E-state index is -0.966. The highest BCUT2D eigenvalue weighted by molar-refractivity contribution is 9.10. The first-order chi connectivity index (χ1) is 8.19. The Kier molecular flexibility index (Phi) is 4.70. The fourth-order valence-corrected chi connectivity index (χ4v) is 1.90. The van der Waals surface area contributed by atoms with Gasteiger partial charge in [-0.05, 0) is 48.0 Å². The summed E-state index contributed by atoms with van der Waals surface area (Å²) in [6.07, 6.45) is 0. The zero-order chi connectivity index (χ0) is 13.9. The van der Waals surface area contributed by atoms with Crippen LogP contribution in [0.3, 0.4) is 0 Å². The van der Waals surface area contributed by atoms with E-state index in [0.29, 0.717) is 10.2 Å². The van der Waals surface area contributed by atoms with Crippen molar-refractivity contribution in [1.29, 1.82) is 0 Å². The maximum absolute atomic E-state index is 12.9. The summed E-state index contributed by atoms with van der Waals surface area (Å²) in [6.45, 7) is 3.42. The van der Waals surface area contributed by atoms with Crippen LogP contribution in [0, 0.1) is 5.82 Å². The van der Waals surface area contributed by atoms with Crippen molar-refractivity contribution in [3.8, 4) is 0 Å². The van der Waals surface area contributed by atoms with Crippen LogP contribution in [-0.2, 0) is 0 Å². The molecule has 0 aromatic heterocycles. The number of likely N-dealkylation sites (N-methyl/N-ethyl adjacent to an activating group) is 1. The lowest BCUT2D eigenvalue weighted by molar-refractivity contribution is 0.0550. The number of halogens is 2. The van der Waals surface area contributed by atoms with Crippen molar-refractivity contribution in [3.05, 3.63) is 28.5 Å². The average molecular weight is 319 g/mol. The van der Waals surface area contributed by atoms with E-state index in [-0.39, 0.29) is 18.4 Å². The van der Waals surface area contributed by atoms with E-state index in [1.54, 1.807) is 20.9 Å². The van der Waals surface area contributed by atoms with E-state index < -0.39 is 5.60 Å². The van der Waals surface area contributed by atoms with Gasteiger partial charge in [-0.15, -0.1) is 0 Å².